The van der Waals surface area contributed by atoms with Gasteiger partial charge in [-0.25, -0.2) is 15.0 Å². The van der Waals surface area contributed by atoms with Crippen LogP contribution < -0.4 is 10.6 Å². The summed E-state index contributed by atoms with van der Waals surface area (Å²) in [5, 5.41) is 0. The maximum absolute atomic E-state index is 6.28. The van der Waals surface area contributed by atoms with Gasteiger partial charge < -0.3 is 20.3 Å². The molecule has 2 aliphatic rings. The number of anilines is 1. The second kappa shape index (κ2) is 7.61. The van der Waals surface area contributed by atoms with Crippen LogP contribution >= 0.6 is 24.0 Å². The van der Waals surface area contributed by atoms with Crippen molar-refractivity contribution in [1.82, 2.24) is 14.9 Å². The molecule has 2 heterocycles. The molecular formula is C17H29IN6O. The van der Waals surface area contributed by atoms with E-state index in [0.29, 0.717) is 5.96 Å². The highest BCUT2D eigenvalue weighted by atomic mass is 127. The maximum Gasteiger partial charge on any atom is 0.225 e. The molecule has 2 N–H and O–H groups in total. The largest absolute Gasteiger partial charge is 0.378 e. The lowest BCUT2D eigenvalue weighted by molar-refractivity contribution is -0.171. The van der Waals surface area contributed by atoms with Gasteiger partial charge in [-0.2, -0.15) is 0 Å². The molecule has 1 aliphatic carbocycles. The van der Waals surface area contributed by atoms with Gasteiger partial charge in [0.05, 0.1) is 11.6 Å². The normalized spacial score (nSPS) is 29.0. The first-order valence-corrected chi connectivity index (χ1v) is 8.53. The number of aromatic nitrogens is 2. The Morgan fingerprint density at radius 2 is 1.80 bits per heavy atom. The van der Waals surface area contributed by atoms with Crippen molar-refractivity contribution in [2.75, 3.05) is 38.2 Å². The van der Waals surface area contributed by atoms with Crippen LogP contribution in [0.2, 0.25) is 0 Å². The molecule has 2 fully saturated rings. The van der Waals surface area contributed by atoms with Crippen LogP contribution in [-0.2, 0) is 4.74 Å². The van der Waals surface area contributed by atoms with Gasteiger partial charge in [0.15, 0.2) is 5.96 Å². The van der Waals surface area contributed by atoms with E-state index in [1.807, 2.05) is 6.07 Å². The predicted molar refractivity (Wildman–Crippen MR) is 110 cm³/mol. The molecule has 7 nitrogen and oxygen atoms in total. The van der Waals surface area contributed by atoms with Gasteiger partial charge in [0.25, 0.3) is 0 Å². The summed E-state index contributed by atoms with van der Waals surface area (Å²) in [6, 6.07) is 2.04. The number of piperazine rings is 1. The number of hydrogen-bond donors (Lipinski definition) is 1. The van der Waals surface area contributed by atoms with Crippen molar-refractivity contribution in [2.45, 2.75) is 38.8 Å². The van der Waals surface area contributed by atoms with Crippen molar-refractivity contribution in [3.63, 3.8) is 0 Å². The summed E-state index contributed by atoms with van der Waals surface area (Å²) in [5.74, 6) is 1.42. The van der Waals surface area contributed by atoms with Crippen molar-refractivity contribution in [3.05, 3.63) is 18.5 Å². The minimum absolute atomic E-state index is 0. The quantitative estimate of drug-likeness (QED) is 0.421. The molecule has 8 heteroatoms. The van der Waals surface area contributed by atoms with E-state index in [9.17, 15) is 0 Å². The van der Waals surface area contributed by atoms with Gasteiger partial charge in [0, 0.05) is 51.1 Å². The highest BCUT2D eigenvalue weighted by Gasteiger charge is 2.58. The number of guanidine groups is 1. The first-order valence-electron chi connectivity index (χ1n) is 8.53. The molecule has 0 aromatic carbocycles. The Labute approximate surface area is 167 Å². The summed E-state index contributed by atoms with van der Waals surface area (Å²) in [6.07, 6.45) is 4.46. The first kappa shape index (κ1) is 20.2. The molecule has 0 spiro atoms. The van der Waals surface area contributed by atoms with Crippen molar-refractivity contribution in [2.24, 2.45) is 16.1 Å². The van der Waals surface area contributed by atoms with E-state index < -0.39 is 0 Å². The monoisotopic (exact) mass is 460 g/mol. The van der Waals surface area contributed by atoms with Crippen molar-refractivity contribution in [3.8, 4) is 0 Å². The van der Waals surface area contributed by atoms with E-state index >= 15 is 0 Å². The number of aliphatic imine (C=N–C) groups is 1. The van der Waals surface area contributed by atoms with E-state index in [0.717, 1.165) is 38.5 Å². The zero-order valence-corrected chi connectivity index (χ0v) is 17.8. The van der Waals surface area contributed by atoms with E-state index in [1.165, 1.54) is 0 Å². The molecule has 0 bridgehead atoms. The Kier molecular flexibility index (Phi) is 6.13. The zero-order chi connectivity index (χ0) is 17.4. The molecule has 1 aromatic rings. The fourth-order valence-corrected chi connectivity index (χ4v) is 3.49. The molecule has 140 valence electrons. The van der Waals surface area contributed by atoms with E-state index in [-0.39, 0.29) is 41.0 Å². The third kappa shape index (κ3) is 3.69. The van der Waals surface area contributed by atoms with Gasteiger partial charge in [0.2, 0.25) is 5.95 Å². The van der Waals surface area contributed by atoms with Crippen LogP contribution in [0.3, 0.4) is 0 Å². The maximum atomic E-state index is 6.28. The number of rotatable bonds is 3. The van der Waals surface area contributed by atoms with Crippen molar-refractivity contribution >= 4 is 35.9 Å². The average molecular weight is 460 g/mol. The fourth-order valence-electron chi connectivity index (χ4n) is 3.49. The SMILES string of the molecule is COC1(C)CC(N=C(N)N2CCN(c3ncccn3)CC2)C1(C)C.I. The smallest absolute Gasteiger partial charge is 0.225 e. The van der Waals surface area contributed by atoms with Crippen LogP contribution in [0.5, 0.6) is 0 Å². The van der Waals surface area contributed by atoms with E-state index in [4.69, 9.17) is 15.5 Å². The standard InChI is InChI=1S/C17H28N6O.HI/c1-16(2)13(12-17(16,3)24-4)21-14(18)22-8-10-23(11-9-22)15-19-6-5-7-20-15;/h5-7,13H,8-12H2,1-4H3,(H2,18,21);1H. The second-order valence-corrected chi connectivity index (χ2v) is 7.39. The molecule has 1 aromatic heterocycles. The lowest BCUT2D eigenvalue weighted by atomic mass is 9.56. The molecular weight excluding hydrogens is 431 g/mol. The molecule has 3 rings (SSSR count). The number of nitrogens with two attached hydrogens (primary N) is 1. The average Bonchev–Trinajstić information content (AvgIpc) is 2.62. The number of ether oxygens (including phenoxy) is 1. The molecule has 1 saturated heterocycles. The topological polar surface area (TPSA) is 79.9 Å². The third-order valence-electron chi connectivity index (χ3n) is 5.96. The zero-order valence-electron chi connectivity index (χ0n) is 15.5. The predicted octanol–water partition coefficient (Wildman–Crippen LogP) is 1.73. The minimum Gasteiger partial charge on any atom is -0.378 e. The van der Waals surface area contributed by atoms with Crippen LogP contribution in [0.25, 0.3) is 0 Å². The lowest BCUT2D eigenvalue weighted by Crippen LogP contribution is -2.63. The Balaban J connectivity index is 0.00000225. The van der Waals surface area contributed by atoms with Gasteiger partial charge in [-0.05, 0) is 19.4 Å². The van der Waals surface area contributed by atoms with Crippen molar-refractivity contribution in [1.29, 1.82) is 0 Å². The molecule has 0 amide bonds. The molecule has 0 radical (unpaired) electrons. The summed E-state index contributed by atoms with van der Waals surface area (Å²) < 4.78 is 5.67. The number of nitrogens with zero attached hydrogens (tertiary/aromatic N) is 5. The minimum atomic E-state index is -0.120. The number of methoxy groups -OCH3 is 1. The van der Waals surface area contributed by atoms with Crippen LogP contribution in [-0.4, -0.2) is 65.8 Å². The molecule has 2 atom stereocenters. The molecule has 2 unspecified atom stereocenters. The Morgan fingerprint density at radius 1 is 1.20 bits per heavy atom. The van der Waals surface area contributed by atoms with Gasteiger partial charge in [-0.1, -0.05) is 13.8 Å². The molecule has 25 heavy (non-hydrogen) atoms. The van der Waals surface area contributed by atoms with Crippen LogP contribution in [0.15, 0.2) is 23.5 Å². The van der Waals surface area contributed by atoms with Gasteiger partial charge >= 0.3 is 0 Å². The number of hydrogen-bond acceptors (Lipinski definition) is 5. The van der Waals surface area contributed by atoms with Crippen molar-refractivity contribution < 1.29 is 4.74 Å². The van der Waals surface area contributed by atoms with Gasteiger partial charge in [0.1, 0.15) is 0 Å². The van der Waals surface area contributed by atoms with Gasteiger partial charge in [-0.3, -0.25) is 0 Å². The van der Waals surface area contributed by atoms with E-state index in [1.54, 1.807) is 19.5 Å². The summed E-state index contributed by atoms with van der Waals surface area (Å²) in [4.78, 5) is 17.7. The summed E-state index contributed by atoms with van der Waals surface area (Å²) in [6.45, 7) is 9.92. The van der Waals surface area contributed by atoms with E-state index in [2.05, 4.69) is 40.5 Å². The molecule has 1 aliphatic heterocycles. The molecule has 1 saturated carbocycles. The summed E-state index contributed by atoms with van der Waals surface area (Å²) >= 11 is 0. The Morgan fingerprint density at radius 3 is 2.32 bits per heavy atom. The highest BCUT2D eigenvalue weighted by molar-refractivity contribution is 14.0. The second-order valence-electron chi connectivity index (χ2n) is 7.39. The summed E-state index contributed by atoms with van der Waals surface area (Å²) in [7, 11) is 1.77. The van der Waals surface area contributed by atoms with Crippen LogP contribution in [0, 0.1) is 5.41 Å². The van der Waals surface area contributed by atoms with Gasteiger partial charge in [-0.15, -0.1) is 24.0 Å². The Bertz CT molecular complexity index is 602. The Hall–Kier alpha value is -1.16. The van der Waals surface area contributed by atoms with Crippen LogP contribution in [0.4, 0.5) is 5.95 Å². The number of halogens is 1. The fraction of sp³-hybridized carbons (Fsp3) is 0.706. The lowest BCUT2D eigenvalue weighted by Gasteiger charge is -2.57. The summed E-state index contributed by atoms with van der Waals surface area (Å²) in [5.41, 5.74) is 6.15. The van der Waals surface area contributed by atoms with Crippen LogP contribution in [0.1, 0.15) is 27.2 Å². The first-order chi connectivity index (χ1) is 11.4. The highest BCUT2D eigenvalue weighted by Crippen LogP contribution is 2.53. The third-order valence-corrected chi connectivity index (χ3v) is 5.96.